The summed E-state index contributed by atoms with van der Waals surface area (Å²) in [6, 6.07) is 8.76. The normalized spacial score (nSPS) is 12.1. The highest BCUT2D eigenvalue weighted by Gasteiger charge is 2.09. The van der Waals surface area contributed by atoms with Crippen molar-refractivity contribution in [2.75, 3.05) is 5.32 Å². The van der Waals surface area contributed by atoms with Crippen LogP contribution in [0.2, 0.25) is 0 Å². The summed E-state index contributed by atoms with van der Waals surface area (Å²) in [6.45, 7) is 1.79. The van der Waals surface area contributed by atoms with Gasteiger partial charge in [0.2, 0.25) is 5.13 Å². The second-order valence-electron chi connectivity index (χ2n) is 3.79. The topological polar surface area (TPSA) is 61.6 Å². The van der Waals surface area contributed by atoms with Gasteiger partial charge in [0.25, 0.3) is 5.76 Å². The lowest BCUT2D eigenvalue weighted by molar-refractivity contribution is 0.252. The first-order valence-corrected chi connectivity index (χ1v) is 8.36. The first kappa shape index (κ1) is 16.0. The maximum Gasteiger partial charge on any atom is 0.288 e. The smallest absolute Gasteiger partial charge is 0.288 e. The summed E-state index contributed by atoms with van der Waals surface area (Å²) >= 11 is 3.19. The van der Waals surface area contributed by atoms with Gasteiger partial charge in [0.15, 0.2) is 4.34 Å². The van der Waals surface area contributed by atoms with Crippen molar-refractivity contribution in [2.24, 2.45) is 0 Å². The maximum atomic E-state index is 12.2. The summed E-state index contributed by atoms with van der Waals surface area (Å²) < 4.78 is 25.1. The van der Waals surface area contributed by atoms with Crippen LogP contribution in [0.25, 0.3) is 0 Å². The van der Waals surface area contributed by atoms with Gasteiger partial charge in [0.05, 0.1) is 11.3 Å². The van der Waals surface area contributed by atoms with Gasteiger partial charge >= 0.3 is 0 Å². The molecule has 9 heteroatoms. The van der Waals surface area contributed by atoms with E-state index in [0.29, 0.717) is 26.1 Å². The fraction of sp³-hybridized carbons (Fsp3) is 0.250. The number of hydrogen-bond acceptors (Lipinski definition) is 7. The minimum absolute atomic E-state index is 0.184. The van der Waals surface area contributed by atoms with Gasteiger partial charge < -0.3 is 5.32 Å². The predicted octanol–water partition coefficient (Wildman–Crippen LogP) is 4.60. The van der Waals surface area contributed by atoms with Crippen LogP contribution >= 0.6 is 34.9 Å². The predicted molar refractivity (Wildman–Crippen MR) is 82.4 cm³/mol. The second-order valence-corrected chi connectivity index (χ2v) is 7.42. The molecule has 0 aliphatic heterocycles. The van der Waals surface area contributed by atoms with E-state index in [1.54, 1.807) is 31.2 Å². The Labute approximate surface area is 133 Å². The van der Waals surface area contributed by atoms with Gasteiger partial charge in [-0.15, -0.1) is 10.2 Å². The minimum atomic E-state index is -2.42. The third-order valence-corrected chi connectivity index (χ3v) is 4.83. The summed E-state index contributed by atoms with van der Waals surface area (Å²) in [5.74, 6) is -2.42. The standard InChI is InChI=1S/C12H10F2N4S3/c1-7(6-15)19-12-18-17-11(21-12)16-8-2-4-9(5-3-8)20-10(13)14/h2-5,7,10H,1H3,(H,16,17). The summed E-state index contributed by atoms with van der Waals surface area (Å²) in [4.78, 5) is 0.506. The highest BCUT2D eigenvalue weighted by atomic mass is 32.2. The molecule has 1 atom stereocenters. The molecule has 0 saturated heterocycles. The molecule has 0 bridgehead atoms. The first-order valence-electron chi connectivity index (χ1n) is 5.78. The molecule has 1 N–H and O–H groups in total. The van der Waals surface area contributed by atoms with E-state index in [9.17, 15) is 8.78 Å². The van der Waals surface area contributed by atoms with Crippen LogP contribution in [0.1, 0.15) is 6.92 Å². The maximum absolute atomic E-state index is 12.2. The van der Waals surface area contributed by atoms with Crippen molar-refractivity contribution in [3.63, 3.8) is 0 Å². The fourth-order valence-corrected chi connectivity index (χ4v) is 3.63. The number of anilines is 2. The van der Waals surface area contributed by atoms with E-state index in [4.69, 9.17) is 5.26 Å². The van der Waals surface area contributed by atoms with Crippen molar-refractivity contribution in [3.8, 4) is 6.07 Å². The third-order valence-electron chi connectivity index (χ3n) is 2.20. The van der Waals surface area contributed by atoms with Crippen molar-refractivity contribution in [1.29, 1.82) is 5.26 Å². The summed E-state index contributed by atoms with van der Waals surface area (Å²) in [6.07, 6.45) is 0. The molecule has 0 spiro atoms. The van der Waals surface area contributed by atoms with Gasteiger partial charge in [-0.2, -0.15) is 14.0 Å². The highest BCUT2D eigenvalue weighted by molar-refractivity contribution is 8.01. The van der Waals surface area contributed by atoms with E-state index in [1.165, 1.54) is 23.1 Å². The Hall–Kier alpha value is -1.37. The Balaban J connectivity index is 1.97. The summed E-state index contributed by atoms with van der Waals surface area (Å²) in [5.41, 5.74) is 0.745. The van der Waals surface area contributed by atoms with E-state index in [0.717, 1.165) is 5.69 Å². The zero-order chi connectivity index (χ0) is 15.2. The molecule has 0 aliphatic rings. The van der Waals surface area contributed by atoms with Gasteiger partial charge in [-0.1, -0.05) is 34.9 Å². The molecule has 2 aromatic rings. The van der Waals surface area contributed by atoms with Gasteiger partial charge in [0, 0.05) is 10.6 Å². The molecule has 2 rings (SSSR count). The molecule has 1 unspecified atom stereocenters. The van der Waals surface area contributed by atoms with Gasteiger partial charge in [-0.3, -0.25) is 0 Å². The lowest BCUT2D eigenvalue weighted by atomic mass is 10.3. The van der Waals surface area contributed by atoms with Crippen LogP contribution < -0.4 is 5.32 Å². The molecule has 110 valence electrons. The van der Waals surface area contributed by atoms with Crippen molar-refractivity contribution in [3.05, 3.63) is 24.3 Å². The number of alkyl halides is 2. The zero-order valence-corrected chi connectivity index (χ0v) is 13.2. The molecule has 0 saturated carbocycles. The molecular formula is C12H10F2N4S3. The van der Waals surface area contributed by atoms with Gasteiger partial charge in [-0.25, -0.2) is 0 Å². The number of halogens is 2. The van der Waals surface area contributed by atoms with Crippen LogP contribution in [0.4, 0.5) is 19.6 Å². The summed E-state index contributed by atoms with van der Waals surface area (Å²) in [5, 5.41) is 20.1. The van der Waals surface area contributed by atoms with Crippen LogP contribution in [0.15, 0.2) is 33.5 Å². The van der Waals surface area contributed by atoms with Crippen LogP contribution in [-0.4, -0.2) is 21.2 Å². The highest BCUT2D eigenvalue weighted by Crippen LogP contribution is 2.31. The Morgan fingerprint density at radius 2 is 1.95 bits per heavy atom. The number of hydrogen-bond donors (Lipinski definition) is 1. The number of nitrogens with one attached hydrogen (secondary N) is 1. The van der Waals surface area contributed by atoms with E-state index < -0.39 is 5.76 Å². The Bertz CT molecular complexity index is 624. The van der Waals surface area contributed by atoms with Crippen LogP contribution in [-0.2, 0) is 0 Å². The third kappa shape index (κ3) is 5.15. The first-order chi connectivity index (χ1) is 10.1. The van der Waals surface area contributed by atoms with Crippen molar-refractivity contribution < 1.29 is 8.78 Å². The van der Waals surface area contributed by atoms with Crippen LogP contribution in [0, 0.1) is 11.3 Å². The monoisotopic (exact) mass is 344 g/mol. The largest absolute Gasteiger partial charge is 0.330 e. The van der Waals surface area contributed by atoms with Crippen LogP contribution in [0.5, 0.6) is 0 Å². The van der Waals surface area contributed by atoms with Crippen LogP contribution in [0.3, 0.4) is 0 Å². The molecule has 0 radical (unpaired) electrons. The lowest BCUT2D eigenvalue weighted by Crippen LogP contribution is -1.89. The van der Waals surface area contributed by atoms with Crippen molar-refractivity contribution >= 4 is 45.7 Å². The van der Waals surface area contributed by atoms with Crippen molar-refractivity contribution in [1.82, 2.24) is 10.2 Å². The van der Waals surface area contributed by atoms with Gasteiger partial charge in [-0.05, 0) is 31.2 Å². The zero-order valence-electron chi connectivity index (χ0n) is 10.8. The van der Waals surface area contributed by atoms with E-state index in [1.807, 2.05) is 0 Å². The average molecular weight is 344 g/mol. The summed E-state index contributed by atoms with van der Waals surface area (Å²) in [7, 11) is 0. The molecule has 1 heterocycles. The molecule has 4 nitrogen and oxygen atoms in total. The number of aromatic nitrogens is 2. The molecule has 1 aromatic heterocycles. The Kier molecular flexibility index (Phi) is 5.78. The van der Waals surface area contributed by atoms with E-state index >= 15 is 0 Å². The number of benzene rings is 1. The number of rotatable bonds is 6. The minimum Gasteiger partial charge on any atom is -0.330 e. The average Bonchev–Trinajstić information content (AvgIpc) is 2.87. The lowest BCUT2D eigenvalue weighted by Gasteiger charge is -2.03. The van der Waals surface area contributed by atoms with Gasteiger partial charge in [0.1, 0.15) is 0 Å². The number of nitrogens with zero attached hydrogens (tertiary/aromatic N) is 3. The molecule has 0 fully saturated rings. The molecule has 21 heavy (non-hydrogen) atoms. The molecule has 1 aromatic carbocycles. The second kappa shape index (κ2) is 7.59. The Morgan fingerprint density at radius 3 is 2.57 bits per heavy atom. The van der Waals surface area contributed by atoms with E-state index in [-0.39, 0.29) is 5.25 Å². The molecular weight excluding hydrogens is 334 g/mol. The molecule has 0 aliphatic carbocycles. The SMILES string of the molecule is CC(C#N)Sc1nnc(Nc2ccc(SC(F)F)cc2)s1. The number of nitriles is 1. The quantitative estimate of drug-likeness (QED) is 0.773. The number of thioether (sulfide) groups is 2. The van der Waals surface area contributed by atoms with Crippen molar-refractivity contribution in [2.45, 2.75) is 27.2 Å². The molecule has 0 amide bonds. The Morgan fingerprint density at radius 1 is 1.24 bits per heavy atom. The fourth-order valence-electron chi connectivity index (χ4n) is 1.33. The van der Waals surface area contributed by atoms with E-state index in [2.05, 4.69) is 21.6 Å².